The Kier molecular flexibility index (Phi) is 6.64. The molecule has 2 aromatic rings. The van der Waals surface area contributed by atoms with Gasteiger partial charge in [0, 0.05) is 23.5 Å². The largest absolute Gasteiger partial charge is 0.480 e. The second kappa shape index (κ2) is 8.68. The molecule has 2 aromatic carbocycles. The summed E-state index contributed by atoms with van der Waals surface area (Å²) in [4.78, 5) is 29.2. The number of aliphatic carboxylic acids is 1. The molecule has 0 saturated carbocycles. The van der Waals surface area contributed by atoms with Crippen LogP contribution in [0.25, 0.3) is 0 Å². The summed E-state index contributed by atoms with van der Waals surface area (Å²) in [5, 5.41) is 31.6. The minimum absolute atomic E-state index is 0.000833. The minimum Gasteiger partial charge on any atom is -0.480 e. The molecule has 10 nitrogen and oxygen atoms in total. The number of nitrogen functional groups attached to an aromatic ring is 1. The minimum atomic E-state index is -0.853. The predicted octanol–water partition coefficient (Wildman–Crippen LogP) is 2.27. The number of benzene rings is 2. The highest BCUT2D eigenvalue weighted by molar-refractivity contribution is 5.72. The van der Waals surface area contributed by atoms with E-state index in [1.54, 1.807) is 0 Å². The average molecular weight is 334 g/mol. The fraction of sp³-hybridized carbons (Fsp3) is 0.0714. The average Bonchev–Trinajstić information content (AvgIpc) is 2.54. The molecule has 0 saturated heterocycles. The Hall–Kier alpha value is -3.69. The molecule has 24 heavy (non-hydrogen) atoms. The lowest BCUT2D eigenvalue weighted by molar-refractivity contribution is -0.394. The maximum atomic E-state index is 10.3. The van der Waals surface area contributed by atoms with Gasteiger partial charge in [0.25, 0.3) is 11.4 Å². The molecule has 0 amide bonds. The van der Waals surface area contributed by atoms with Crippen LogP contribution < -0.4 is 11.1 Å². The highest BCUT2D eigenvalue weighted by Gasteiger charge is 2.14. The summed E-state index contributed by atoms with van der Waals surface area (Å²) in [5.41, 5.74) is 5.29. The first-order valence-corrected chi connectivity index (χ1v) is 6.49. The number of carbonyl (C=O) groups is 1. The van der Waals surface area contributed by atoms with E-state index in [2.05, 4.69) is 5.32 Å². The second-order valence-corrected chi connectivity index (χ2v) is 4.41. The summed E-state index contributed by atoms with van der Waals surface area (Å²) in [6.45, 7) is -0.0377. The molecule has 0 spiro atoms. The Balaban J connectivity index is 0.000000243. The number of para-hydroxylation sites is 1. The fourth-order valence-electron chi connectivity index (χ4n) is 1.56. The zero-order chi connectivity index (χ0) is 18.1. The van der Waals surface area contributed by atoms with Crippen molar-refractivity contribution in [3.05, 3.63) is 68.8 Å². The molecule has 0 aliphatic heterocycles. The normalized spacial score (nSPS) is 9.33. The molecule has 0 aromatic heterocycles. The summed E-state index contributed by atoms with van der Waals surface area (Å²) in [6.07, 6.45) is 0. The van der Waals surface area contributed by atoms with E-state index in [9.17, 15) is 25.0 Å². The lowest BCUT2D eigenvalue weighted by Crippen LogP contribution is -2.11. The van der Waals surface area contributed by atoms with E-state index in [1.165, 1.54) is 0 Å². The number of non-ortho nitro benzene ring substituents is 2. The third kappa shape index (κ3) is 6.39. The van der Waals surface area contributed by atoms with Gasteiger partial charge in [-0.2, -0.15) is 0 Å². The van der Waals surface area contributed by atoms with Crippen molar-refractivity contribution in [3.8, 4) is 0 Å². The Labute approximate surface area is 135 Å². The van der Waals surface area contributed by atoms with Crippen LogP contribution in [0.3, 0.4) is 0 Å². The molecule has 0 fully saturated rings. The van der Waals surface area contributed by atoms with Gasteiger partial charge in [0.15, 0.2) is 0 Å². The van der Waals surface area contributed by atoms with Crippen molar-refractivity contribution < 1.29 is 19.7 Å². The Morgan fingerprint density at radius 3 is 1.96 bits per heavy atom. The van der Waals surface area contributed by atoms with E-state index in [0.29, 0.717) is 0 Å². The zero-order valence-electron chi connectivity index (χ0n) is 12.3. The number of carboxylic acids is 1. The van der Waals surface area contributed by atoms with E-state index in [1.807, 2.05) is 30.3 Å². The SMILES string of the molecule is Nc1cc([N+](=O)[O-])cc([N+](=O)[O-])c1.O=C(O)CNc1ccccc1. The van der Waals surface area contributed by atoms with Crippen molar-refractivity contribution in [2.24, 2.45) is 0 Å². The molecular formula is C14H14N4O6. The third-order valence-electron chi connectivity index (χ3n) is 2.56. The highest BCUT2D eigenvalue weighted by atomic mass is 16.6. The second-order valence-electron chi connectivity index (χ2n) is 4.41. The molecule has 0 heterocycles. The van der Waals surface area contributed by atoms with Crippen LogP contribution in [-0.2, 0) is 4.79 Å². The number of hydrogen-bond donors (Lipinski definition) is 3. The van der Waals surface area contributed by atoms with Crippen molar-refractivity contribution in [3.63, 3.8) is 0 Å². The number of nitro benzene ring substituents is 2. The number of hydrogen-bond acceptors (Lipinski definition) is 7. The molecule has 4 N–H and O–H groups in total. The summed E-state index contributed by atoms with van der Waals surface area (Å²) < 4.78 is 0. The monoisotopic (exact) mass is 334 g/mol. The number of carboxylic acid groups (broad SMARTS) is 1. The Morgan fingerprint density at radius 2 is 1.54 bits per heavy atom. The summed E-state index contributed by atoms with van der Waals surface area (Å²) in [5.74, 6) is -0.853. The molecule has 0 unspecified atom stereocenters. The number of nitrogens with one attached hydrogen (secondary N) is 1. The first kappa shape index (κ1) is 18.4. The molecular weight excluding hydrogens is 320 g/mol. The van der Waals surface area contributed by atoms with Gasteiger partial charge >= 0.3 is 5.97 Å². The molecule has 0 bridgehead atoms. The predicted molar refractivity (Wildman–Crippen MR) is 86.7 cm³/mol. The smallest absolute Gasteiger partial charge is 0.322 e. The Morgan fingerprint density at radius 1 is 1.04 bits per heavy atom. The Bertz CT molecular complexity index is 703. The van der Waals surface area contributed by atoms with E-state index in [-0.39, 0.29) is 23.6 Å². The van der Waals surface area contributed by atoms with Crippen LogP contribution in [0.2, 0.25) is 0 Å². The van der Waals surface area contributed by atoms with Crippen molar-refractivity contribution in [2.45, 2.75) is 0 Å². The number of nitrogens with two attached hydrogens (primary N) is 1. The van der Waals surface area contributed by atoms with Gasteiger partial charge in [0.05, 0.1) is 15.9 Å². The van der Waals surface area contributed by atoms with Gasteiger partial charge in [-0.3, -0.25) is 25.0 Å². The molecule has 0 radical (unpaired) electrons. The molecule has 10 heteroatoms. The van der Waals surface area contributed by atoms with Crippen molar-refractivity contribution in [2.75, 3.05) is 17.6 Å². The number of nitro groups is 2. The van der Waals surface area contributed by atoms with Gasteiger partial charge in [-0.1, -0.05) is 18.2 Å². The lowest BCUT2D eigenvalue weighted by atomic mass is 10.2. The first-order valence-electron chi connectivity index (χ1n) is 6.49. The first-order chi connectivity index (χ1) is 11.3. The van der Waals surface area contributed by atoms with E-state index in [4.69, 9.17) is 10.8 Å². The van der Waals surface area contributed by atoms with Crippen molar-refractivity contribution in [1.82, 2.24) is 0 Å². The van der Waals surface area contributed by atoms with Crippen LogP contribution in [0.5, 0.6) is 0 Å². The number of rotatable bonds is 5. The van der Waals surface area contributed by atoms with Crippen LogP contribution in [-0.4, -0.2) is 27.5 Å². The molecule has 0 aliphatic carbocycles. The molecule has 0 aliphatic rings. The van der Waals surface area contributed by atoms with Crippen LogP contribution in [0.4, 0.5) is 22.7 Å². The lowest BCUT2D eigenvalue weighted by Gasteiger charge is -2.00. The number of anilines is 2. The summed E-state index contributed by atoms with van der Waals surface area (Å²) in [6, 6.07) is 12.2. The van der Waals surface area contributed by atoms with Gasteiger partial charge in [0.1, 0.15) is 6.54 Å². The fourth-order valence-corrected chi connectivity index (χ4v) is 1.56. The molecule has 126 valence electrons. The summed E-state index contributed by atoms with van der Waals surface area (Å²) in [7, 11) is 0. The third-order valence-corrected chi connectivity index (χ3v) is 2.56. The van der Waals surface area contributed by atoms with Gasteiger partial charge in [-0.15, -0.1) is 0 Å². The quantitative estimate of drug-likeness (QED) is 0.426. The van der Waals surface area contributed by atoms with Crippen LogP contribution in [0.15, 0.2) is 48.5 Å². The van der Waals surface area contributed by atoms with Crippen LogP contribution >= 0.6 is 0 Å². The molecule has 0 atom stereocenters. The topological polar surface area (TPSA) is 162 Å². The molecule has 2 rings (SSSR count). The standard InChI is InChI=1S/C8H9NO2.C6H5N3O4/c10-8(11)6-9-7-4-2-1-3-5-7;7-4-1-5(8(10)11)3-6(2-4)9(12)13/h1-5,9H,6H2,(H,10,11);1-3H,7H2. The zero-order valence-corrected chi connectivity index (χ0v) is 12.3. The maximum absolute atomic E-state index is 10.3. The van der Waals surface area contributed by atoms with Gasteiger partial charge in [-0.25, -0.2) is 0 Å². The van der Waals surface area contributed by atoms with Crippen molar-refractivity contribution >= 4 is 28.7 Å². The van der Waals surface area contributed by atoms with Gasteiger partial charge < -0.3 is 16.2 Å². The van der Waals surface area contributed by atoms with Gasteiger partial charge in [-0.05, 0) is 12.1 Å². The van der Waals surface area contributed by atoms with E-state index < -0.39 is 15.8 Å². The van der Waals surface area contributed by atoms with Crippen LogP contribution in [0.1, 0.15) is 0 Å². The highest BCUT2D eigenvalue weighted by Crippen LogP contribution is 2.23. The maximum Gasteiger partial charge on any atom is 0.322 e. The van der Waals surface area contributed by atoms with E-state index in [0.717, 1.165) is 23.9 Å². The van der Waals surface area contributed by atoms with Gasteiger partial charge in [0.2, 0.25) is 0 Å². The van der Waals surface area contributed by atoms with Crippen LogP contribution in [0, 0.1) is 20.2 Å². The van der Waals surface area contributed by atoms with Crippen molar-refractivity contribution in [1.29, 1.82) is 0 Å². The number of nitrogens with zero attached hydrogens (tertiary/aromatic N) is 2. The van der Waals surface area contributed by atoms with E-state index >= 15 is 0 Å². The summed E-state index contributed by atoms with van der Waals surface area (Å²) >= 11 is 0.